The van der Waals surface area contributed by atoms with Crippen molar-refractivity contribution in [1.29, 1.82) is 0 Å². The Morgan fingerprint density at radius 1 is 1.04 bits per heavy atom. The minimum Gasteiger partial charge on any atom is -0.478 e. The molecule has 2 aromatic carbocycles. The molecule has 0 atom stereocenters. The third-order valence-electron chi connectivity index (χ3n) is 3.72. The fourth-order valence-electron chi connectivity index (χ4n) is 2.61. The predicted octanol–water partition coefficient (Wildman–Crippen LogP) is 5.46. The van der Waals surface area contributed by atoms with Crippen LogP contribution >= 0.6 is 23.2 Å². The average Bonchev–Trinajstić information content (AvgIpc) is 2.86. The Morgan fingerprint density at radius 2 is 1.70 bits per heavy atom. The van der Waals surface area contributed by atoms with Crippen molar-refractivity contribution in [2.75, 3.05) is 0 Å². The molecule has 5 heteroatoms. The summed E-state index contributed by atoms with van der Waals surface area (Å²) in [4.78, 5) is 11.5. The normalized spacial score (nSPS) is 10.7. The molecule has 0 bridgehead atoms. The highest BCUT2D eigenvalue weighted by molar-refractivity contribution is 6.32. The van der Waals surface area contributed by atoms with Crippen molar-refractivity contribution in [3.8, 4) is 16.9 Å². The molecule has 23 heavy (non-hydrogen) atoms. The Labute approximate surface area is 143 Å². The third-order valence-corrected chi connectivity index (χ3v) is 4.29. The largest absolute Gasteiger partial charge is 0.478 e. The number of para-hydroxylation sites is 1. The zero-order valence-corrected chi connectivity index (χ0v) is 13.8. The van der Waals surface area contributed by atoms with Gasteiger partial charge in [-0.05, 0) is 42.3 Å². The van der Waals surface area contributed by atoms with Gasteiger partial charge in [-0.1, -0.05) is 47.5 Å². The maximum atomic E-state index is 11.5. The van der Waals surface area contributed by atoms with Crippen molar-refractivity contribution >= 4 is 29.2 Å². The van der Waals surface area contributed by atoms with E-state index in [9.17, 15) is 9.90 Å². The second kappa shape index (κ2) is 6.11. The fraction of sp³-hybridized carbons (Fsp3) is 0.0556. The van der Waals surface area contributed by atoms with Crippen LogP contribution in [0, 0.1) is 6.92 Å². The third kappa shape index (κ3) is 2.85. The molecule has 1 heterocycles. The Kier molecular flexibility index (Phi) is 4.16. The van der Waals surface area contributed by atoms with Crippen LogP contribution in [0.25, 0.3) is 16.9 Å². The molecule has 0 saturated heterocycles. The SMILES string of the molecule is Cc1c(C(=O)O)cn(-c2ccccc2Cl)c1-c1ccc(Cl)cc1. The van der Waals surface area contributed by atoms with Crippen LogP contribution in [0.15, 0.2) is 54.7 Å². The van der Waals surface area contributed by atoms with Crippen LogP contribution in [-0.4, -0.2) is 15.6 Å². The summed E-state index contributed by atoms with van der Waals surface area (Å²) in [5.41, 5.74) is 3.32. The molecule has 0 aliphatic rings. The van der Waals surface area contributed by atoms with E-state index in [1.165, 1.54) is 0 Å². The molecular weight excluding hydrogens is 333 g/mol. The number of hydrogen-bond donors (Lipinski definition) is 1. The molecule has 0 aliphatic heterocycles. The number of aromatic nitrogens is 1. The molecule has 0 fully saturated rings. The maximum Gasteiger partial charge on any atom is 0.337 e. The molecule has 0 unspecified atom stereocenters. The first kappa shape index (κ1) is 15.7. The van der Waals surface area contributed by atoms with E-state index in [2.05, 4.69) is 0 Å². The van der Waals surface area contributed by atoms with E-state index in [0.29, 0.717) is 15.6 Å². The first-order valence-electron chi connectivity index (χ1n) is 6.95. The van der Waals surface area contributed by atoms with Crippen LogP contribution in [0.4, 0.5) is 0 Å². The molecule has 3 rings (SSSR count). The molecule has 3 nitrogen and oxygen atoms in total. The summed E-state index contributed by atoms with van der Waals surface area (Å²) >= 11 is 12.2. The number of halogens is 2. The first-order valence-corrected chi connectivity index (χ1v) is 7.70. The van der Waals surface area contributed by atoms with Gasteiger partial charge in [-0.25, -0.2) is 4.79 Å². The van der Waals surface area contributed by atoms with E-state index in [-0.39, 0.29) is 5.56 Å². The average molecular weight is 346 g/mol. The highest BCUT2D eigenvalue weighted by atomic mass is 35.5. The lowest BCUT2D eigenvalue weighted by Gasteiger charge is -2.12. The van der Waals surface area contributed by atoms with Crippen LogP contribution < -0.4 is 0 Å². The summed E-state index contributed by atoms with van der Waals surface area (Å²) in [6, 6.07) is 14.6. The number of nitrogens with zero attached hydrogens (tertiary/aromatic N) is 1. The van der Waals surface area contributed by atoms with Gasteiger partial charge in [-0.15, -0.1) is 0 Å². The number of carbonyl (C=O) groups is 1. The standard InChI is InChI=1S/C18H13Cl2NO2/c1-11-14(18(22)23)10-21(16-5-3-2-4-15(16)20)17(11)12-6-8-13(19)9-7-12/h2-10H,1H3,(H,22,23). The Balaban J connectivity index is 2.31. The van der Waals surface area contributed by atoms with Gasteiger partial charge >= 0.3 is 5.97 Å². The van der Waals surface area contributed by atoms with Crippen LogP contribution in [0.5, 0.6) is 0 Å². The minimum absolute atomic E-state index is 0.245. The van der Waals surface area contributed by atoms with Crippen LogP contribution in [0.3, 0.4) is 0 Å². The van der Waals surface area contributed by atoms with Crippen molar-refractivity contribution in [3.63, 3.8) is 0 Å². The summed E-state index contributed by atoms with van der Waals surface area (Å²) in [5.74, 6) is -0.969. The van der Waals surface area contributed by atoms with E-state index in [1.807, 2.05) is 34.9 Å². The molecule has 0 amide bonds. The van der Waals surface area contributed by atoms with Crippen molar-refractivity contribution in [2.24, 2.45) is 0 Å². The monoisotopic (exact) mass is 345 g/mol. The van der Waals surface area contributed by atoms with Gasteiger partial charge in [0.2, 0.25) is 0 Å². The van der Waals surface area contributed by atoms with Crippen molar-refractivity contribution in [1.82, 2.24) is 4.57 Å². The molecule has 116 valence electrons. The second-order valence-electron chi connectivity index (χ2n) is 5.15. The number of carboxylic acids is 1. The minimum atomic E-state index is -0.969. The van der Waals surface area contributed by atoms with Gasteiger partial charge < -0.3 is 9.67 Å². The number of benzene rings is 2. The molecule has 0 saturated carbocycles. The van der Waals surface area contributed by atoms with Crippen LogP contribution in [0.1, 0.15) is 15.9 Å². The van der Waals surface area contributed by atoms with Gasteiger partial charge in [0, 0.05) is 11.2 Å². The molecule has 0 radical (unpaired) electrons. The smallest absolute Gasteiger partial charge is 0.337 e. The number of hydrogen-bond acceptors (Lipinski definition) is 1. The number of aromatic carboxylic acids is 1. The molecule has 3 aromatic rings. The highest BCUT2D eigenvalue weighted by Gasteiger charge is 2.20. The summed E-state index contributed by atoms with van der Waals surface area (Å²) < 4.78 is 1.81. The second-order valence-corrected chi connectivity index (χ2v) is 5.99. The quantitative estimate of drug-likeness (QED) is 0.684. The summed E-state index contributed by atoms with van der Waals surface area (Å²) in [5, 5.41) is 10.6. The maximum absolute atomic E-state index is 11.5. The topological polar surface area (TPSA) is 42.2 Å². The highest BCUT2D eigenvalue weighted by Crippen LogP contribution is 2.33. The molecule has 0 spiro atoms. The van der Waals surface area contributed by atoms with E-state index in [4.69, 9.17) is 23.2 Å². The van der Waals surface area contributed by atoms with E-state index in [0.717, 1.165) is 16.9 Å². The van der Waals surface area contributed by atoms with E-state index < -0.39 is 5.97 Å². The summed E-state index contributed by atoms with van der Waals surface area (Å²) in [6.07, 6.45) is 1.60. The zero-order chi connectivity index (χ0) is 16.6. The fourth-order valence-corrected chi connectivity index (χ4v) is 2.97. The van der Waals surface area contributed by atoms with E-state index >= 15 is 0 Å². The van der Waals surface area contributed by atoms with Gasteiger partial charge in [0.15, 0.2) is 0 Å². The molecule has 1 N–H and O–H groups in total. The summed E-state index contributed by atoms with van der Waals surface area (Å²) in [7, 11) is 0. The lowest BCUT2D eigenvalue weighted by Crippen LogP contribution is -1.97. The van der Waals surface area contributed by atoms with Gasteiger partial charge in [0.1, 0.15) is 0 Å². The molecular formula is C18H13Cl2NO2. The van der Waals surface area contributed by atoms with E-state index in [1.54, 1.807) is 31.3 Å². The predicted molar refractivity (Wildman–Crippen MR) is 92.9 cm³/mol. The van der Waals surface area contributed by atoms with Crippen molar-refractivity contribution < 1.29 is 9.90 Å². The lowest BCUT2D eigenvalue weighted by molar-refractivity contribution is 0.0696. The van der Waals surface area contributed by atoms with Gasteiger partial charge in [0.25, 0.3) is 0 Å². The zero-order valence-electron chi connectivity index (χ0n) is 12.3. The van der Waals surface area contributed by atoms with Crippen molar-refractivity contribution in [2.45, 2.75) is 6.92 Å². The Morgan fingerprint density at radius 3 is 2.30 bits per heavy atom. The molecule has 1 aromatic heterocycles. The van der Waals surface area contributed by atoms with Crippen LogP contribution in [-0.2, 0) is 0 Å². The molecule has 0 aliphatic carbocycles. The first-order chi connectivity index (χ1) is 11.0. The van der Waals surface area contributed by atoms with Crippen molar-refractivity contribution in [3.05, 3.63) is 75.9 Å². The Bertz CT molecular complexity index is 883. The van der Waals surface area contributed by atoms with Gasteiger partial charge in [-0.2, -0.15) is 0 Å². The van der Waals surface area contributed by atoms with Crippen LogP contribution in [0.2, 0.25) is 10.0 Å². The number of rotatable bonds is 3. The number of carboxylic acid groups (broad SMARTS) is 1. The Hall–Kier alpha value is -2.23. The summed E-state index contributed by atoms with van der Waals surface area (Å²) in [6.45, 7) is 1.79. The van der Waals surface area contributed by atoms with Gasteiger partial charge in [0.05, 0.1) is 22.0 Å². The lowest BCUT2D eigenvalue weighted by atomic mass is 10.1. The van der Waals surface area contributed by atoms with Gasteiger partial charge in [-0.3, -0.25) is 0 Å².